The van der Waals surface area contributed by atoms with Crippen LogP contribution in [-0.2, 0) is 22.4 Å². The minimum absolute atomic E-state index is 0.0391. The van der Waals surface area contributed by atoms with Crippen molar-refractivity contribution in [2.24, 2.45) is 17.8 Å². The highest BCUT2D eigenvalue weighted by atomic mass is 16.4. The van der Waals surface area contributed by atoms with E-state index in [1.807, 2.05) is 18.3 Å². The predicted molar refractivity (Wildman–Crippen MR) is 95.3 cm³/mol. The molecule has 5 heteroatoms. The number of aromatic amines is 1. The Bertz CT molecular complexity index is 821. The zero-order chi connectivity index (χ0) is 17.6. The van der Waals surface area contributed by atoms with Crippen LogP contribution in [0.4, 0.5) is 0 Å². The van der Waals surface area contributed by atoms with Gasteiger partial charge in [-0.25, -0.2) is 0 Å². The average Bonchev–Trinajstić information content (AvgIpc) is 3.21. The van der Waals surface area contributed by atoms with E-state index in [1.165, 1.54) is 5.56 Å². The zero-order valence-electron chi connectivity index (χ0n) is 14.5. The van der Waals surface area contributed by atoms with Gasteiger partial charge in [-0.3, -0.25) is 9.59 Å². The van der Waals surface area contributed by atoms with E-state index in [1.54, 1.807) is 4.90 Å². The van der Waals surface area contributed by atoms with Gasteiger partial charge in [0.1, 0.15) is 0 Å². The summed E-state index contributed by atoms with van der Waals surface area (Å²) in [5.41, 5.74) is 3.35. The molecule has 4 rings (SSSR count). The molecule has 1 saturated heterocycles. The smallest absolute Gasteiger partial charge is 0.308 e. The van der Waals surface area contributed by atoms with Gasteiger partial charge in [0.2, 0.25) is 5.91 Å². The Hall–Kier alpha value is -2.30. The number of benzene rings is 1. The molecule has 2 aliphatic rings. The van der Waals surface area contributed by atoms with Gasteiger partial charge in [-0.2, -0.15) is 0 Å². The van der Waals surface area contributed by atoms with Gasteiger partial charge in [0.05, 0.1) is 12.3 Å². The molecule has 1 amide bonds. The minimum atomic E-state index is -0.758. The summed E-state index contributed by atoms with van der Waals surface area (Å²) >= 11 is 0. The van der Waals surface area contributed by atoms with Crippen LogP contribution in [0.3, 0.4) is 0 Å². The molecule has 0 spiro atoms. The molecule has 0 unspecified atom stereocenters. The van der Waals surface area contributed by atoms with Crippen molar-refractivity contribution in [2.75, 3.05) is 13.1 Å². The zero-order valence-corrected chi connectivity index (χ0v) is 14.5. The molecule has 5 nitrogen and oxygen atoms in total. The van der Waals surface area contributed by atoms with Gasteiger partial charge in [0, 0.05) is 30.2 Å². The topological polar surface area (TPSA) is 73.4 Å². The summed E-state index contributed by atoms with van der Waals surface area (Å²) in [6.07, 6.45) is 5.42. The summed E-state index contributed by atoms with van der Waals surface area (Å²) < 4.78 is 0. The predicted octanol–water partition coefficient (Wildman–Crippen LogP) is 2.84. The molecule has 2 fully saturated rings. The number of carboxylic acid groups (broad SMARTS) is 1. The number of carboxylic acids is 1. The lowest BCUT2D eigenvalue weighted by atomic mass is 9.92. The van der Waals surface area contributed by atoms with E-state index in [9.17, 15) is 14.7 Å². The lowest BCUT2D eigenvalue weighted by Gasteiger charge is -2.16. The number of aryl methyl sites for hydroxylation is 1. The second-order valence-electron chi connectivity index (χ2n) is 7.43. The van der Waals surface area contributed by atoms with Crippen LogP contribution in [0.15, 0.2) is 24.4 Å². The Balaban J connectivity index is 1.52. The molecule has 1 aromatic heterocycles. The number of fused-ring (bicyclic) bond motifs is 1. The Morgan fingerprint density at radius 2 is 2.04 bits per heavy atom. The summed E-state index contributed by atoms with van der Waals surface area (Å²) in [7, 11) is 0. The molecule has 1 aliphatic carbocycles. The quantitative estimate of drug-likeness (QED) is 0.879. The lowest BCUT2D eigenvalue weighted by Crippen LogP contribution is -2.31. The maximum absolute atomic E-state index is 12.8. The second kappa shape index (κ2) is 6.21. The Kier molecular flexibility index (Phi) is 4.02. The molecular formula is C20H24N2O3. The van der Waals surface area contributed by atoms with Crippen molar-refractivity contribution in [2.45, 2.75) is 32.6 Å². The number of nitrogens with one attached hydrogen (secondary N) is 1. The monoisotopic (exact) mass is 340 g/mol. The molecule has 1 aromatic carbocycles. The number of hydrogen-bond acceptors (Lipinski definition) is 2. The van der Waals surface area contributed by atoms with Gasteiger partial charge in [0.25, 0.3) is 0 Å². The first kappa shape index (κ1) is 16.2. The van der Waals surface area contributed by atoms with Crippen LogP contribution in [0, 0.1) is 17.8 Å². The highest BCUT2D eigenvalue weighted by Gasteiger charge is 2.46. The van der Waals surface area contributed by atoms with E-state index in [0.29, 0.717) is 25.4 Å². The molecule has 2 heterocycles. The number of para-hydroxylation sites is 1. The van der Waals surface area contributed by atoms with Crippen LogP contribution in [0.1, 0.15) is 30.9 Å². The third-order valence-electron chi connectivity index (χ3n) is 5.87. The fraction of sp³-hybridized carbons (Fsp3) is 0.500. The summed E-state index contributed by atoms with van der Waals surface area (Å²) in [6.45, 7) is 3.08. The number of carbonyl (C=O) groups is 2. The Morgan fingerprint density at radius 3 is 2.72 bits per heavy atom. The second-order valence-corrected chi connectivity index (χ2v) is 7.43. The van der Waals surface area contributed by atoms with E-state index in [2.05, 4.69) is 18.0 Å². The fourth-order valence-electron chi connectivity index (χ4n) is 4.29. The lowest BCUT2D eigenvalue weighted by molar-refractivity contribution is -0.142. The van der Waals surface area contributed by atoms with Crippen molar-refractivity contribution < 1.29 is 14.7 Å². The van der Waals surface area contributed by atoms with Gasteiger partial charge in [-0.15, -0.1) is 0 Å². The maximum Gasteiger partial charge on any atom is 0.308 e. The molecular weight excluding hydrogens is 316 g/mol. The van der Waals surface area contributed by atoms with Gasteiger partial charge in [-0.05, 0) is 42.2 Å². The third kappa shape index (κ3) is 2.92. The van der Waals surface area contributed by atoms with Crippen molar-refractivity contribution in [1.82, 2.24) is 9.88 Å². The highest BCUT2D eigenvalue weighted by Crippen LogP contribution is 2.44. The van der Waals surface area contributed by atoms with E-state index in [0.717, 1.165) is 35.7 Å². The number of amides is 1. The summed E-state index contributed by atoms with van der Waals surface area (Å²) in [4.78, 5) is 29.4. The minimum Gasteiger partial charge on any atom is -0.481 e. The number of carbonyl (C=O) groups excluding carboxylic acids is 1. The first-order chi connectivity index (χ1) is 12.1. The van der Waals surface area contributed by atoms with Gasteiger partial charge < -0.3 is 15.0 Å². The summed E-state index contributed by atoms with van der Waals surface area (Å²) in [6, 6.07) is 6.18. The molecule has 1 aliphatic heterocycles. The Morgan fingerprint density at radius 1 is 1.24 bits per heavy atom. The highest BCUT2D eigenvalue weighted by molar-refractivity contribution is 5.91. The van der Waals surface area contributed by atoms with Gasteiger partial charge in [0.15, 0.2) is 0 Å². The van der Waals surface area contributed by atoms with Crippen molar-refractivity contribution >= 4 is 22.8 Å². The number of aliphatic carboxylic acids is 1. The van der Waals surface area contributed by atoms with E-state index in [-0.39, 0.29) is 11.8 Å². The van der Waals surface area contributed by atoms with Crippen LogP contribution < -0.4 is 0 Å². The first-order valence-electron chi connectivity index (χ1n) is 9.17. The Labute approximate surface area is 147 Å². The number of H-pyrrole nitrogens is 1. The molecule has 0 radical (unpaired) electrons. The maximum atomic E-state index is 12.8. The number of likely N-dealkylation sites (tertiary alicyclic amines) is 1. The van der Waals surface area contributed by atoms with Gasteiger partial charge in [-0.1, -0.05) is 25.1 Å². The van der Waals surface area contributed by atoms with Crippen LogP contribution >= 0.6 is 0 Å². The molecule has 25 heavy (non-hydrogen) atoms. The number of nitrogens with zero attached hydrogens (tertiary/aromatic N) is 1. The van der Waals surface area contributed by atoms with Crippen LogP contribution in [0.2, 0.25) is 0 Å². The fourth-order valence-corrected chi connectivity index (χ4v) is 4.29. The average molecular weight is 340 g/mol. The van der Waals surface area contributed by atoms with E-state index >= 15 is 0 Å². The SMILES string of the molecule is CCc1cccc2c(CC(=O)N3C[C@H](C(=O)O)[C@@H](C4CC4)C3)c[nH]c12. The molecule has 132 valence electrons. The summed E-state index contributed by atoms with van der Waals surface area (Å²) in [5, 5.41) is 10.6. The standard InChI is InChI=1S/C20H24N2O3/c1-2-12-4-3-5-15-14(9-21-19(12)15)8-18(23)22-10-16(13-6-7-13)17(11-22)20(24)25/h3-5,9,13,16-17,21H,2,6-8,10-11H2,1H3,(H,24,25)/t16-,17+/m1/s1. The molecule has 2 aromatic rings. The van der Waals surface area contributed by atoms with Crippen molar-refractivity contribution in [3.63, 3.8) is 0 Å². The van der Waals surface area contributed by atoms with E-state index in [4.69, 9.17) is 0 Å². The normalized spacial score (nSPS) is 23.3. The van der Waals surface area contributed by atoms with E-state index < -0.39 is 11.9 Å². The molecule has 2 N–H and O–H groups in total. The summed E-state index contributed by atoms with van der Waals surface area (Å²) in [5.74, 6) is -0.481. The molecule has 0 bridgehead atoms. The van der Waals surface area contributed by atoms with Crippen LogP contribution in [-0.4, -0.2) is 40.0 Å². The van der Waals surface area contributed by atoms with Crippen molar-refractivity contribution in [3.8, 4) is 0 Å². The third-order valence-corrected chi connectivity index (χ3v) is 5.87. The van der Waals surface area contributed by atoms with Gasteiger partial charge >= 0.3 is 5.97 Å². The molecule has 2 atom stereocenters. The van der Waals surface area contributed by atoms with Crippen molar-refractivity contribution in [1.29, 1.82) is 0 Å². The first-order valence-corrected chi connectivity index (χ1v) is 9.17. The number of rotatable bonds is 5. The van der Waals surface area contributed by atoms with Crippen LogP contribution in [0.25, 0.3) is 10.9 Å². The van der Waals surface area contributed by atoms with Crippen LogP contribution in [0.5, 0.6) is 0 Å². The number of aromatic nitrogens is 1. The number of hydrogen-bond donors (Lipinski definition) is 2. The largest absolute Gasteiger partial charge is 0.481 e. The molecule has 1 saturated carbocycles. The van der Waals surface area contributed by atoms with Crippen molar-refractivity contribution in [3.05, 3.63) is 35.5 Å².